The number of nitrogens with one attached hydrogen (secondary N) is 1. The van der Waals surface area contributed by atoms with Crippen LogP contribution in [0.3, 0.4) is 0 Å². The maximum atomic E-state index is 13.2. The van der Waals surface area contributed by atoms with Gasteiger partial charge in [-0.15, -0.1) is 0 Å². The van der Waals surface area contributed by atoms with Gasteiger partial charge in [0, 0.05) is 4.47 Å². The quantitative estimate of drug-likeness (QED) is 0.942. The molecule has 2 rings (SSSR count). The molecule has 0 radical (unpaired) electrons. The first-order valence-electron chi connectivity index (χ1n) is 5.08. The van der Waals surface area contributed by atoms with Gasteiger partial charge in [0.1, 0.15) is 5.82 Å². The highest BCUT2D eigenvalue weighted by Gasteiger charge is 2.13. The number of aromatic nitrogens is 2. The van der Waals surface area contributed by atoms with E-state index >= 15 is 0 Å². The van der Waals surface area contributed by atoms with Crippen molar-refractivity contribution in [2.75, 3.05) is 7.05 Å². The summed E-state index contributed by atoms with van der Waals surface area (Å²) in [6, 6.07) is 4.95. The predicted octanol–water partition coefficient (Wildman–Crippen LogP) is 2.94. The second kappa shape index (κ2) is 5.66. The van der Waals surface area contributed by atoms with Gasteiger partial charge in [0.15, 0.2) is 0 Å². The van der Waals surface area contributed by atoms with Gasteiger partial charge in [-0.05, 0) is 37.2 Å². The van der Waals surface area contributed by atoms with E-state index in [4.69, 9.17) is 0 Å². The fourth-order valence-electron chi connectivity index (χ4n) is 1.64. The smallest absolute Gasteiger partial charge is 0.124 e. The lowest BCUT2D eigenvalue weighted by Crippen LogP contribution is -2.19. The standard InChI is InChI=1S/C11H11BrFN3S/c1-14-10(11-6-15-17-16-11)4-7-2-8(12)5-9(13)3-7/h2-3,5-6,10,14H,4H2,1H3. The summed E-state index contributed by atoms with van der Waals surface area (Å²) in [6.07, 6.45) is 2.42. The highest BCUT2D eigenvalue weighted by molar-refractivity contribution is 9.10. The molecule has 1 N–H and O–H groups in total. The van der Waals surface area contributed by atoms with Crippen molar-refractivity contribution < 1.29 is 4.39 Å². The van der Waals surface area contributed by atoms with Crippen molar-refractivity contribution in [3.63, 3.8) is 0 Å². The average molecular weight is 316 g/mol. The minimum absolute atomic E-state index is 0.0578. The van der Waals surface area contributed by atoms with Crippen LogP contribution < -0.4 is 5.32 Å². The van der Waals surface area contributed by atoms with Crippen LogP contribution in [0.25, 0.3) is 0 Å². The monoisotopic (exact) mass is 315 g/mol. The van der Waals surface area contributed by atoms with Gasteiger partial charge in [0.25, 0.3) is 0 Å². The van der Waals surface area contributed by atoms with E-state index in [2.05, 4.69) is 30.0 Å². The van der Waals surface area contributed by atoms with Gasteiger partial charge in [0.05, 0.1) is 29.7 Å². The van der Waals surface area contributed by atoms with Crippen molar-refractivity contribution in [3.8, 4) is 0 Å². The first-order chi connectivity index (χ1) is 8.19. The van der Waals surface area contributed by atoms with Crippen LogP contribution in [-0.2, 0) is 6.42 Å². The van der Waals surface area contributed by atoms with E-state index in [1.165, 1.54) is 23.9 Å². The van der Waals surface area contributed by atoms with Crippen LogP contribution in [-0.4, -0.2) is 15.8 Å². The fourth-order valence-corrected chi connectivity index (χ4v) is 2.63. The minimum Gasteiger partial charge on any atom is -0.311 e. The summed E-state index contributed by atoms with van der Waals surface area (Å²) in [5.74, 6) is -0.236. The van der Waals surface area contributed by atoms with Crippen LogP contribution >= 0.6 is 27.7 Å². The zero-order valence-corrected chi connectivity index (χ0v) is 11.6. The summed E-state index contributed by atoms with van der Waals surface area (Å²) < 4.78 is 22.2. The zero-order chi connectivity index (χ0) is 12.3. The van der Waals surface area contributed by atoms with E-state index in [0.29, 0.717) is 6.42 Å². The van der Waals surface area contributed by atoms with Crippen molar-refractivity contribution in [3.05, 3.63) is 45.9 Å². The van der Waals surface area contributed by atoms with Crippen LogP contribution in [0.1, 0.15) is 17.3 Å². The number of nitrogens with zero attached hydrogens (tertiary/aromatic N) is 2. The molecule has 0 saturated carbocycles. The molecule has 0 saturated heterocycles. The van der Waals surface area contributed by atoms with E-state index < -0.39 is 0 Å². The number of hydrogen-bond acceptors (Lipinski definition) is 4. The topological polar surface area (TPSA) is 37.8 Å². The van der Waals surface area contributed by atoms with Gasteiger partial charge in [-0.3, -0.25) is 0 Å². The lowest BCUT2D eigenvalue weighted by molar-refractivity contribution is 0.574. The third-order valence-corrected chi connectivity index (χ3v) is 3.40. The zero-order valence-electron chi connectivity index (χ0n) is 9.15. The molecule has 0 amide bonds. The fraction of sp³-hybridized carbons (Fsp3) is 0.273. The first kappa shape index (κ1) is 12.6. The van der Waals surface area contributed by atoms with Crippen LogP contribution in [0.5, 0.6) is 0 Å². The molecule has 0 aliphatic carbocycles. The Labute approximate surface area is 112 Å². The number of halogens is 2. The maximum Gasteiger partial charge on any atom is 0.124 e. The molecule has 1 aromatic heterocycles. The molecule has 90 valence electrons. The highest BCUT2D eigenvalue weighted by atomic mass is 79.9. The molecular formula is C11H11BrFN3S. The van der Waals surface area contributed by atoms with Gasteiger partial charge in [0.2, 0.25) is 0 Å². The van der Waals surface area contributed by atoms with Gasteiger partial charge < -0.3 is 5.32 Å². The lowest BCUT2D eigenvalue weighted by atomic mass is 10.0. The highest BCUT2D eigenvalue weighted by Crippen LogP contribution is 2.20. The van der Waals surface area contributed by atoms with E-state index in [1.807, 2.05) is 13.1 Å². The van der Waals surface area contributed by atoms with Crippen molar-refractivity contribution in [1.82, 2.24) is 14.1 Å². The molecule has 3 nitrogen and oxygen atoms in total. The first-order valence-corrected chi connectivity index (χ1v) is 6.61. The van der Waals surface area contributed by atoms with Gasteiger partial charge >= 0.3 is 0 Å². The summed E-state index contributed by atoms with van der Waals surface area (Å²) in [4.78, 5) is 0. The van der Waals surface area contributed by atoms with Gasteiger partial charge in [-0.1, -0.05) is 15.9 Å². The average Bonchev–Trinajstić information content (AvgIpc) is 2.77. The molecule has 6 heteroatoms. The molecular weight excluding hydrogens is 305 g/mol. The number of likely N-dealkylation sites (N-methyl/N-ethyl adjacent to an activating group) is 1. The molecule has 0 spiro atoms. The van der Waals surface area contributed by atoms with E-state index in [-0.39, 0.29) is 11.9 Å². The molecule has 0 aliphatic rings. The predicted molar refractivity (Wildman–Crippen MR) is 69.5 cm³/mol. The third kappa shape index (κ3) is 3.31. The Bertz CT molecular complexity index is 469. The number of hydrogen-bond donors (Lipinski definition) is 1. The maximum absolute atomic E-state index is 13.2. The largest absolute Gasteiger partial charge is 0.311 e. The Hall–Kier alpha value is -0.850. The summed E-state index contributed by atoms with van der Waals surface area (Å²) in [5, 5.41) is 3.16. The van der Waals surface area contributed by atoms with Gasteiger partial charge in [-0.25, -0.2) is 4.39 Å². The van der Waals surface area contributed by atoms with Gasteiger partial charge in [-0.2, -0.15) is 8.75 Å². The Balaban J connectivity index is 2.18. The summed E-state index contributed by atoms with van der Waals surface area (Å²) >= 11 is 4.46. The minimum atomic E-state index is -0.236. The molecule has 1 atom stereocenters. The molecule has 0 fully saturated rings. The lowest BCUT2D eigenvalue weighted by Gasteiger charge is -2.13. The van der Waals surface area contributed by atoms with Crippen LogP contribution in [0, 0.1) is 5.82 Å². The molecule has 17 heavy (non-hydrogen) atoms. The molecule has 1 heterocycles. The van der Waals surface area contributed by atoms with Crippen molar-refractivity contribution in [1.29, 1.82) is 0 Å². The Morgan fingerprint density at radius 1 is 1.47 bits per heavy atom. The Morgan fingerprint density at radius 3 is 2.88 bits per heavy atom. The van der Waals surface area contributed by atoms with Crippen molar-refractivity contribution in [2.45, 2.75) is 12.5 Å². The van der Waals surface area contributed by atoms with Crippen molar-refractivity contribution >= 4 is 27.7 Å². The molecule has 1 aromatic carbocycles. The third-order valence-electron chi connectivity index (χ3n) is 2.45. The van der Waals surface area contributed by atoms with E-state index in [0.717, 1.165) is 15.7 Å². The normalized spacial score (nSPS) is 12.6. The SMILES string of the molecule is CNC(Cc1cc(F)cc(Br)c1)c1cnsn1. The molecule has 0 bridgehead atoms. The molecule has 2 aromatic rings. The molecule has 0 aliphatic heterocycles. The van der Waals surface area contributed by atoms with Crippen molar-refractivity contribution in [2.24, 2.45) is 0 Å². The second-order valence-electron chi connectivity index (χ2n) is 3.66. The Morgan fingerprint density at radius 2 is 2.29 bits per heavy atom. The summed E-state index contributed by atoms with van der Waals surface area (Å²) in [5.41, 5.74) is 1.81. The van der Waals surface area contributed by atoms with E-state index in [9.17, 15) is 4.39 Å². The van der Waals surface area contributed by atoms with Crippen LogP contribution in [0.15, 0.2) is 28.9 Å². The second-order valence-corrected chi connectivity index (χ2v) is 5.13. The molecule has 1 unspecified atom stereocenters. The number of rotatable bonds is 4. The van der Waals surface area contributed by atoms with Crippen LogP contribution in [0.2, 0.25) is 0 Å². The van der Waals surface area contributed by atoms with Crippen LogP contribution in [0.4, 0.5) is 4.39 Å². The Kier molecular flexibility index (Phi) is 4.20. The summed E-state index contributed by atoms with van der Waals surface area (Å²) in [7, 11) is 1.86. The summed E-state index contributed by atoms with van der Waals surface area (Å²) in [6.45, 7) is 0. The number of benzene rings is 1. The van der Waals surface area contributed by atoms with E-state index in [1.54, 1.807) is 6.20 Å².